The summed E-state index contributed by atoms with van der Waals surface area (Å²) in [6, 6.07) is 4.50. The molecular weight excluding hydrogens is 274 g/mol. The Morgan fingerprint density at radius 3 is 2.20 bits per heavy atom. The average Bonchev–Trinajstić information content (AvgIpc) is 2.34. The van der Waals surface area contributed by atoms with E-state index in [-0.39, 0.29) is 5.82 Å². The first-order valence-electron chi connectivity index (χ1n) is 6.39. The largest absolute Gasteiger partial charge is 0.401 e. The number of nitrogens with two attached hydrogens (primary N) is 1. The Hall–Kier alpha value is -1.34. The molecule has 20 heavy (non-hydrogen) atoms. The minimum Gasteiger partial charge on any atom is -0.398 e. The van der Waals surface area contributed by atoms with Gasteiger partial charge < -0.3 is 5.73 Å². The Labute approximate surface area is 115 Å². The van der Waals surface area contributed by atoms with Crippen LogP contribution in [0.3, 0.4) is 0 Å². The van der Waals surface area contributed by atoms with Crippen LogP contribution in [0.4, 0.5) is 23.2 Å². The second-order valence-electron chi connectivity index (χ2n) is 4.98. The van der Waals surface area contributed by atoms with Gasteiger partial charge in [0.1, 0.15) is 5.82 Å². The molecule has 1 heterocycles. The number of benzene rings is 1. The minimum atomic E-state index is -4.17. The lowest BCUT2D eigenvalue weighted by molar-refractivity contribution is -0.149. The maximum atomic E-state index is 13.6. The summed E-state index contributed by atoms with van der Waals surface area (Å²) in [7, 11) is 0. The zero-order valence-corrected chi connectivity index (χ0v) is 11.0. The quantitative estimate of drug-likeness (QED) is 0.683. The third-order valence-electron chi connectivity index (χ3n) is 3.40. The van der Waals surface area contributed by atoms with Crippen molar-refractivity contribution in [2.75, 3.05) is 38.5 Å². The van der Waals surface area contributed by atoms with Gasteiger partial charge in [0.25, 0.3) is 0 Å². The monoisotopic (exact) mass is 291 g/mol. The number of nitrogen functional groups attached to an aromatic ring is 1. The van der Waals surface area contributed by atoms with E-state index in [1.54, 1.807) is 6.07 Å². The molecule has 1 aliphatic heterocycles. The highest BCUT2D eigenvalue weighted by molar-refractivity contribution is 5.47. The van der Waals surface area contributed by atoms with E-state index in [1.165, 1.54) is 17.0 Å². The van der Waals surface area contributed by atoms with Crippen molar-refractivity contribution in [3.8, 4) is 0 Å². The van der Waals surface area contributed by atoms with Crippen LogP contribution in [0.1, 0.15) is 5.56 Å². The second-order valence-corrected chi connectivity index (χ2v) is 4.98. The Morgan fingerprint density at radius 1 is 1.05 bits per heavy atom. The number of hydrogen-bond acceptors (Lipinski definition) is 3. The van der Waals surface area contributed by atoms with Crippen molar-refractivity contribution >= 4 is 5.69 Å². The Kier molecular flexibility index (Phi) is 4.49. The third-order valence-corrected chi connectivity index (χ3v) is 3.40. The Bertz CT molecular complexity index is 433. The molecule has 112 valence electrons. The van der Waals surface area contributed by atoms with Crippen LogP contribution in [0.2, 0.25) is 0 Å². The first-order valence-corrected chi connectivity index (χ1v) is 6.39. The lowest BCUT2D eigenvalue weighted by atomic mass is 10.1. The van der Waals surface area contributed by atoms with Gasteiger partial charge in [-0.25, -0.2) is 4.39 Å². The summed E-state index contributed by atoms with van der Waals surface area (Å²) in [5.41, 5.74) is 6.51. The molecule has 1 aliphatic rings. The summed E-state index contributed by atoms with van der Waals surface area (Å²) in [6.07, 6.45) is -4.17. The van der Waals surface area contributed by atoms with E-state index in [2.05, 4.69) is 0 Å². The van der Waals surface area contributed by atoms with Gasteiger partial charge >= 0.3 is 6.18 Å². The molecule has 1 fully saturated rings. The van der Waals surface area contributed by atoms with Crippen molar-refractivity contribution in [2.45, 2.75) is 12.7 Å². The average molecular weight is 291 g/mol. The molecule has 2 N–H and O–H groups in total. The van der Waals surface area contributed by atoms with E-state index < -0.39 is 12.7 Å². The number of rotatable bonds is 3. The zero-order chi connectivity index (χ0) is 14.8. The van der Waals surface area contributed by atoms with Crippen LogP contribution in [-0.2, 0) is 6.54 Å². The van der Waals surface area contributed by atoms with E-state index >= 15 is 0 Å². The zero-order valence-electron chi connectivity index (χ0n) is 11.0. The maximum Gasteiger partial charge on any atom is 0.401 e. The van der Waals surface area contributed by atoms with E-state index in [9.17, 15) is 17.6 Å². The summed E-state index contributed by atoms with van der Waals surface area (Å²) < 4.78 is 50.4. The number of hydrogen-bond donors (Lipinski definition) is 1. The Balaban J connectivity index is 1.89. The molecule has 1 aromatic rings. The van der Waals surface area contributed by atoms with Crippen molar-refractivity contribution < 1.29 is 17.6 Å². The fourth-order valence-corrected chi connectivity index (χ4v) is 2.32. The highest BCUT2D eigenvalue weighted by Gasteiger charge is 2.32. The topological polar surface area (TPSA) is 32.5 Å². The molecule has 1 saturated heterocycles. The summed E-state index contributed by atoms with van der Waals surface area (Å²) >= 11 is 0. The van der Waals surface area contributed by atoms with Crippen molar-refractivity contribution in [3.63, 3.8) is 0 Å². The van der Waals surface area contributed by atoms with Crippen molar-refractivity contribution in [1.82, 2.24) is 9.80 Å². The molecule has 2 rings (SSSR count). The molecule has 0 aromatic heterocycles. The predicted octanol–water partition coefficient (Wildman–Crippen LogP) is 2.09. The molecule has 7 heteroatoms. The smallest absolute Gasteiger partial charge is 0.398 e. The molecule has 0 spiro atoms. The van der Waals surface area contributed by atoms with Crippen LogP contribution in [0.25, 0.3) is 0 Å². The third kappa shape index (κ3) is 4.08. The first kappa shape index (κ1) is 15.1. The molecule has 0 radical (unpaired) electrons. The molecule has 1 aromatic carbocycles. The highest BCUT2D eigenvalue weighted by atomic mass is 19.4. The normalized spacial score (nSPS) is 18.4. The predicted molar refractivity (Wildman–Crippen MR) is 68.6 cm³/mol. The summed E-state index contributed by atoms with van der Waals surface area (Å²) in [6.45, 7) is 1.05. The molecule has 0 atom stereocenters. The number of piperazine rings is 1. The highest BCUT2D eigenvalue weighted by Crippen LogP contribution is 2.20. The van der Waals surface area contributed by atoms with Gasteiger partial charge in [0, 0.05) is 44.0 Å². The van der Waals surface area contributed by atoms with Crippen LogP contribution in [0.15, 0.2) is 18.2 Å². The van der Waals surface area contributed by atoms with Gasteiger partial charge in [-0.2, -0.15) is 13.2 Å². The fourth-order valence-electron chi connectivity index (χ4n) is 2.32. The molecule has 0 amide bonds. The molecular formula is C13H17F4N3. The minimum absolute atomic E-state index is 0.327. The summed E-state index contributed by atoms with van der Waals surface area (Å²) in [5.74, 6) is -0.372. The molecule has 0 bridgehead atoms. The number of halogens is 4. The SMILES string of the molecule is Nc1cccc(F)c1CN1CCN(CC(F)(F)F)CC1. The van der Waals surface area contributed by atoms with Gasteiger partial charge in [0.2, 0.25) is 0 Å². The van der Waals surface area contributed by atoms with Crippen LogP contribution < -0.4 is 5.73 Å². The summed E-state index contributed by atoms with van der Waals surface area (Å²) in [5, 5.41) is 0. The van der Waals surface area contributed by atoms with Gasteiger partial charge in [0.15, 0.2) is 0 Å². The van der Waals surface area contributed by atoms with Gasteiger partial charge in [-0.1, -0.05) is 6.07 Å². The number of nitrogens with zero attached hydrogens (tertiary/aromatic N) is 2. The standard InChI is InChI=1S/C13H17F4N3/c14-11-2-1-3-12(18)10(11)8-19-4-6-20(7-5-19)9-13(15,16)17/h1-3H,4-9,18H2. The Morgan fingerprint density at radius 2 is 1.65 bits per heavy atom. The van der Waals surface area contributed by atoms with Crippen LogP contribution in [0, 0.1) is 5.82 Å². The fraction of sp³-hybridized carbons (Fsp3) is 0.538. The van der Waals surface area contributed by atoms with E-state index in [4.69, 9.17) is 5.73 Å². The molecule has 3 nitrogen and oxygen atoms in total. The van der Waals surface area contributed by atoms with Crippen LogP contribution in [-0.4, -0.2) is 48.7 Å². The van der Waals surface area contributed by atoms with Crippen LogP contribution >= 0.6 is 0 Å². The lowest BCUT2D eigenvalue weighted by Crippen LogP contribution is -2.48. The molecule has 0 unspecified atom stereocenters. The summed E-state index contributed by atoms with van der Waals surface area (Å²) in [4.78, 5) is 3.28. The first-order chi connectivity index (χ1) is 9.35. The molecule has 0 aliphatic carbocycles. The van der Waals surface area contributed by atoms with E-state index in [0.29, 0.717) is 44.0 Å². The number of anilines is 1. The van der Waals surface area contributed by atoms with Crippen molar-refractivity contribution in [1.29, 1.82) is 0 Å². The molecule has 0 saturated carbocycles. The number of alkyl halides is 3. The van der Waals surface area contributed by atoms with Crippen molar-refractivity contribution in [3.05, 3.63) is 29.6 Å². The van der Waals surface area contributed by atoms with E-state index in [1.807, 2.05) is 4.90 Å². The van der Waals surface area contributed by atoms with Crippen molar-refractivity contribution in [2.24, 2.45) is 0 Å². The van der Waals surface area contributed by atoms with Gasteiger partial charge in [-0.3, -0.25) is 9.80 Å². The van der Waals surface area contributed by atoms with E-state index in [0.717, 1.165) is 0 Å². The lowest BCUT2D eigenvalue weighted by Gasteiger charge is -2.35. The maximum absolute atomic E-state index is 13.6. The van der Waals surface area contributed by atoms with Crippen LogP contribution in [0.5, 0.6) is 0 Å². The van der Waals surface area contributed by atoms with Gasteiger partial charge in [-0.15, -0.1) is 0 Å². The van der Waals surface area contributed by atoms with Gasteiger partial charge in [0.05, 0.1) is 6.54 Å². The van der Waals surface area contributed by atoms with Gasteiger partial charge in [-0.05, 0) is 12.1 Å². The second kappa shape index (κ2) is 5.97.